The summed E-state index contributed by atoms with van der Waals surface area (Å²) in [6.45, 7) is 6.47. The van der Waals surface area contributed by atoms with Crippen LogP contribution in [-0.2, 0) is 19.1 Å². The molecule has 4 nitrogen and oxygen atoms in total. The molecule has 4 heteroatoms. The minimum atomic E-state index is -0.446. The molecule has 0 heterocycles. The lowest BCUT2D eigenvalue weighted by atomic mass is 10.1. The van der Waals surface area contributed by atoms with E-state index in [1.54, 1.807) is 0 Å². The van der Waals surface area contributed by atoms with Gasteiger partial charge in [0, 0.05) is 19.8 Å². The van der Waals surface area contributed by atoms with E-state index >= 15 is 0 Å². The molecule has 0 aliphatic heterocycles. The van der Waals surface area contributed by atoms with E-state index in [1.165, 1.54) is 13.8 Å². The van der Waals surface area contributed by atoms with Crippen molar-refractivity contribution < 1.29 is 19.1 Å². The Kier molecular flexibility index (Phi) is 6.19. The molecule has 84 valence electrons. The second-order valence-corrected chi connectivity index (χ2v) is 3.38. The number of esters is 2. The molecular formula is C11H16O4. The van der Waals surface area contributed by atoms with Crippen molar-refractivity contribution in [1.82, 2.24) is 0 Å². The van der Waals surface area contributed by atoms with Crippen molar-refractivity contribution in [2.45, 2.75) is 33.8 Å². The molecule has 0 rings (SSSR count). The second-order valence-electron chi connectivity index (χ2n) is 3.38. The van der Waals surface area contributed by atoms with Crippen LogP contribution in [0.1, 0.15) is 27.7 Å². The number of hydrogen-bond donors (Lipinski definition) is 0. The highest BCUT2D eigenvalue weighted by Gasteiger charge is 2.12. The van der Waals surface area contributed by atoms with Crippen LogP contribution in [0.5, 0.6) is 0 Å². The molecule has 0 amide bonds. The van der Waals surface area contributed by atoms with Crippen molar-refractivity contribution in [2.75, 3.05) is 6.61 Å². The molecule has 0 radical (unpaired) electrons. The third-order valence-electron chi connectivity index (χ3n) is 1.49. The van der Waals surface area contributed by atoms with Crippen LogP contribution in [-0.4, -0.2) is 24.6 Å². The maximum absolute atomic E-state index is 10.7. The van der Waals surface area contributed by atoms with Gasteiger partial charge in [0.25, 0.3) is 0 Å². The van der Waals surface area contributed by atoms with Gasteiger partial charge in [0.1, 0.15) is 0 Å². The molecule has 0 saturated heterocycles. The fourth-order valence-electron chi connectivity index (χ4n) is 0.791. The van der Waals surface area contributed by atoms with Crippen molar-refractivity contribution in [3.63, 3.8) is 0 Å². The van der Waals surface area contributed by atoms with Crippen LogP contribution in [0.2, 0.25) is 0 Å². The molecule has 0 saturated carbocycles. The van der Waals surface area contributed by atoms with Gasteiger partial charge in [-0.2, -0.15) is 0 Å². The molecule has 0 aliphatic rings. The van der Waals surface area contributed by atoms with Gasteiger partial charge in [-0.1, -0.05) is 25.7 Å². The van der Waals surface area contributed by atoms with E-state index < -0.39 is 6.10 Å². The highest BCUT2D eigenvalue weighted by molar-refractivity contribution is 5.66. The van der Waals surface area contributed by atoms with Gasteiger partial charge in [0.15, 0.2) is 12.7 Å². The van der Waals surface area contributed by atoms with Gasteiger partial charge >= 0.3 is 11.9 Å². The molecule has 0 fully saturated rings. The van der Waals surface area contributed by atoms with Crippen molar-refractivity contribution in [1.29, 1.82) is 0 Å². The predicted molar refractivity (Wildman–Crippen MR) is 54.8 cm³/mol. The molecule has 0 aromatic heterocycles. The summed E-state index contributed by atoms with van der Waals surface area (Å²) in [5.74, 6) is 4.74. The summed E-state index contributed by atoms with van der Waals surface area (Å²) in [4.78, 5) is 21.1. The average molecular weight is 212 g/mol. The van der Waals surface area contributed by atoms with Crippen LogP contribution in [0.15, 0.2) is 0 Å². The van der Waals surface area contributed by atoms with E-state index in [-0.39, 0.29) is 24.5 Å². The van der Waals surface area contributed by atoms with Crippen LogP contribution >= 0.6 is 0 Å². The number of carbonyl (C=O) groups excluding carboxylic acids is 2. The van der Waals surface area contributed by atoms with Crippen molar-refractivity contribution in [3.8, 4) is 11.8 Å². The Labute approximate surface area is 89.9 Å². The van der Waals surface area contributed by atoms with E-state index in [0.717, 1.165) is 0 Å². The van der Waals surface area contributed by atoms with Crippen LogP contribution in [0.3, 0.4) is 0 Å². The monoisotopic (exact) mass is 212 g/mol. The Hall–Kier alpha value is -1.50. The first-order valence-electron chi connectivity index (χ1n) is 4.72. The molecule has 0 N–H and O–H groups in total. The molecule has 1 atom stereocenters. The fourth-order valence-corrected chi connectivity index (χ4v) is 0.791. The lowest BCUT2D eigenvalue weighted by molar-refractivity contribution is -0.145. The first-order chi connectivity index (χ1) is 6.93. The van der Waals surface area contributed by atoms with Crippen LogP contribution in [0, 0.1) is 17.8 Å². The number of rotatable bonds is 3. The van der Waals surface area contributed by atoms with Gasteiger partial charge in [0.2, 0.25) is 0 Å². The summed E-state index contributed by atoms with van der Waals surface area (Å²) in [7, 11) is 0. The van der Waals surface area contributed by atoms with Gasteiger partial charge in [-0.15, -0.1) is 0 Å². The summed E-state index contributed by atoms with van der Waals surface area (Å²) >= 11 is 0. The minimum absolute atomic E-state index is 0.0276. The Morgan fingerprint density at radius 1 is 1.20 bits per heavy atom. The first-order valence-corrected chi connectivity index (χ1v) is 4.72. The van der Waals surface area contributed by atoms with Crippen molar-refractivity contribution >= 4 is 11.9 Å². The smallest absolute Gasteiger partial charge is 0.303 e. The molecular weight excluding hydrogens is 196 g/mol. The van der Waals surface area contributed by atoms with E-state index in [1.807, 2.05) is 13.8 Å². The minimum Gasteiger partial charge on any atom is -0.453 e. The molecule has 0 spiro atoms. The normalized spacial score (nSPS) is 11.3. The van der Waals surface area contributed by atoms with Gasteiger partial charge in [-0.05, 0) is 0 Å². The van der Waals surface area contributed by atoms with Gasteiger partial charge in [-0.3, -0.25) is 9.59 Å². The van der Waals surface area contributed by atoms with Crippen LogP contribution in [0.4, 0.5) is 0 Å². The third kappa shape index (κ3) is 7.56. The first kappa shape index (κ1) is 13.5. The Morgan fingerprint density at radius 2 is 1.80 bits per heavy atom. The van der Waals surface area contributed by atoms with Crippen LogP contribution in [0.25, 0.3) is 0 Å². The second kappa shape index (κ2) is 6.88. The third-order valence-corrected chi connectivity index (χ3v) is 1.49. The molecule has 1 unspecified atom stereocenters. The zero-order chi connectivity index (χ0) is 11.8. The quantitative estimate of drug-likeness (QED) is 0.520. The summed E-state index contributed by atoms with van der Waals surface area (Å²) < 4.78 is 9.59. The number of carbonyl (C=O) groups is 2. The Balaban J connectivity index is 4.15. The van der Waals surface area contributed by atoms with E-state index in [4.69, 9.17) is 4.74 Å². The largest absolute Gasteiger partial charge is 0.453 e. The standard InChI is InChI=1S/C11H16O4/c1-8(2)11(15-10(4)13)6-5-7-14-9(3)12/h8,11H,7H2,1-4H3. The van der Waals surface area contributed by atoms with E-state index in [0.29, 0.717) is 0 Å². The maximum Gasteiger partial charge on any atom is 0.303 e. The lowest BCUT2D eigenvalue weighted by Gasteiger charge is -2.14. The topological polar surface area (TPSA) is 52.6 Å². The molecule has 0 aromatic rings. The highest BCUT2D eigenvalue weighted by atomic mass is 16.5. The Bertz CT molecular complexity index is 283. The summed E-state index contributed by atoms with van der Waals surface area (Å²) in [5, 5.41) is 0. The van der Waals surface area contributed by atoms with Crippen molar-refractivity contribution in [3.05, 3.63) is 0 Å². The summed E-state index contributed by atoms with van der Waals surface area (Å²) in [6, 6.07) is 0. The summed E-state index contributed by atoms with van der Waals surface area (Å²) in [5.41, 5.74) is 0. The van der Waals surface area contributed by atoms with E-state index in [2.05, 4.69) is 16.6 Å². The lowest BCUT2D eigenvalue weighted by Crippen LogP contribution is -2.20. The van der Waals surface area contributed by atoms with Gasteiger partial charge in [0.05, 0.1) is 0 Å². The SMILES string of the molecule is CC(=O)OCC#CC(OC(C)=O)C(C)C. The maximum atomic E-state index is 10.7. The average Bonchev–Trinajstić information content (AvgIpc) is 2.08. The van der Waals surface area contributed by atoms with Gasteiger partial charge < -0.3 is 9.47 Å². The highest BCUT2D eigenvalue weighted by Crippen LogP contribution is 2.05. The number of ether oxygens (including phenoxy) is 2. The zero-order valence-electron chi connectivity index (χ0n) is 9.49. The van der Waals surface area contributed by atoms with Gasteiger partial charge in [-0.25, -0.2) is 0 Å². The molecule has 0 aromatic carbocycles. The fraction of sp³-hybridized carbons (Fsp3) is 0.636. The molecule has 0 bridgehead atoms. The molecule has 0 aliphatic carbocycles. The molecule has 15 heavy (non-hydrogen) atoms. The zero-order valence-corrected chi connectivity index (χ0v) is 9.49. The van der Waals surface area contributed by atoms with E-state index in [9.17, 15) is 9.59 Å². The van der Waals surface area contributed by atoms with Crippen molar-refractivity contribution in [2.24, 2.45) is 5.92 Å². The van der Waals surface area contributed by atoms with Crippen LogP contribution < -0.4 is 0 Å². The predicted octanol–water partition coefficient (Wildman–Crippen LogP) is 1.14. The number of hydrogen-bond acceptors (Lipinski definition) is 4. The summed E-state index contributed by atoms with van der Waals surface area (Å²) in [6.07, 6.45) is -0.446. The Morgan fingerprint density at radius 3 is 2.20 bits per heavy atom.